The Morgan fingerprint density at radius 2 is 2.18 bits per heavy atom. The Labute approximate surface area is 81.7 Å². The summed E-state index contributed by atoms with van der Waals surface area (Å²) in [7, 11) is 0. The molecule has 4 heteroatoms. The van der Waals surface area contributed by atoms with Crippen LogP contribution in [0.25, 0.3) is 0 Å². The van der Waals surface area contributed by atoms with Gasteiger partial charge in [0.25, 0.3) is 0 Å². The van der Waals surface area contributed by atoms with Crippen LogP contribution in [0.1, 0.15) is 10.4 Å². The lowest BCUT2D eigenvalue weighted by atomic mass is 10.2. The minimum Gasteiger partial charge on any atom is -0.298 e. The Kier molecular flexibility index (Phi) is 2.84. The first kappa shape index (κ1) is 8.93. The standard InChI is InChI=1S/C7H3ClFIO/c8-5-1-2-6(9)7(10)4(5)3-11/h1-3H. The van der Waals surface area contributed by atoms with Crippen molar-refractivity contribution < 1.29 is 9.18 Å². The van der Waals surface area contributed by atoms with Gasteiger partial charge in [-0.05, 0) is 34.7 Å². The smallest absolute Gasteiger partial charge is 0.152 e. The Morgan fingerprint density at radius 1 is 1.55 bits per heavy atom. The van der Waals surface area contributed by atoms with E-state index in [9.17, 15) is 9.18 Å². The maximum atomic E-state index is 12.7. The Hall–Kier alpha value is -0.160. The highest BCUT2D eigenvalue weighted by molar-refractivity contribution is 14.1. The van der Waals surface area contributed by atoms with Crippen molar-refractivity contribution >= 4 is 40.5 Å². The molecular weight excluding hydrogens is 281 g/mol. The van der Waals surface area contributed by atoms with Crippen LogP contribution in [0.3, 0.4) is 0 Å². The van der Waals surface area contributed by atoms with Crippen molar-refractivity contribution in [3.05, 3.63) is 32.1 Å². The van der Waals surface area contributed by atoms with Gasteiger partial charge in [-0.25, -0.2) is 4.39 Å². The van der Waals surface area contributed by atoms with Crippen molar-refractivity contribution in [2.24, 2.45) is 0 Å². The highest BCUT2D eigenvalue weighted by Crippen LogP contribution is 2.22. The van der Waals surface area contributed by atoms with Crippen molar-refractivity contribution in [2.75, 3.05) is 0 Å². The third-order valence-electron chi connectivity index (χ3n) is 1.20. The summed E-state index contributed by atoms with van der Waals surface area (Å²) >= 11 is 7.34. The molecule has 58 valence electrons. The fourth-order valence-electron chi connectivity index (χ4n) is 0.651. The van der Waals surface area contributed by atoms with Crippen LogP contribution in [0, 0.1) is 9.39 Å². The SMILES string of the molecule is O=Cc1c(Cl)ccc(F)c1I. The summed E-state index contributed by atoms with van der Waals surface area (Å²) in [5.74, 6) is -0.419. The third-order valence-corrected chi connectivity index (χ3v) is 2.62. The predicted molar refractivity (Wildman–Crippen MR) is 49.5 cm³/mol. The summed E-state index contributed by atoms with van der Waals surface area (Å²) in [5, 5.41) is 0.283. The van der Waals surface area contributed by atoms with E-state index in [0.717, 1.165) is 0 Å². The first-order chi connectivity index (χ1) is 5.16. The van der Waals surface area contributed by atoms with E-state index in [1.807, 2.05) is 0 Å². The number of aldehydes is 1. The maximum absolute atomic E-state index is 12.7. The molecule has 0 radical (unpaired) electrons. The van der Waals surface area contributed by atoms with E-state index in [2.05, 4.69) is 0 Å². The predicted octanol–water partition coefficient (Wildman–Crippen LogP) is 2.90. The molecule has 0 saturated heterocycles. The van der Waals surface area contributed by atoms with Gasteiger partial charge in [-0.1, -0.05) is 11.6 Å². The molecule has 0 amide bonds. The van der Waals surface area contributed by atoms with Crippen molar-refractivity contribution in [3.8, 4) is 0 Å². The molecule has 0 bridgehead atoms. The molecule has 1 aromatic rings. The van der Waals surface area contributed by atoms with E-state index < -0.39 is 5.82 Å². The number of rotatable bonds is 1. The molecule has 0 heterocycles. The molecule has 11 heavy (non-hydrogen) atoms. The summed E-state index contributed by atoms with van der Waals surface area (Å²) in [6.07, 6.45) is 0.549. The van der Waals surface area contributed by atoms with Gasteiger partial charge in [0.15, 0.2) is 6.29 Å². The van der Waals surface area contributed by atoms with Crippen LogP contribution in [0.5, 0.6) is 0 Å². The van der Waals surface area contributed by atoms with E-state index in [-0.39, 0.29) is 14.2 Å². The van der Waals surface area contributed by atoms with Crippen molar-refractivity contribution in [3.63, 3.8) is 0 Å². The molecule has 0 aromatic heterocycles. The molecule has 0 aliphatic carbocycles. The highest BCUT2D eigenvalue weighted by Gasteiger charge is 2.07. The van der Waals surface area contributed by atoms with Crippen LogP contribution in [-0.2, 0) is 0 Å². The Balaban J connectivity index is 3.40. The van der Waals surface area contributed by atoms with Gasteiger partial charge in [-0.15, -0.1) is 0 Å². The second-order valence-corrected chi connectivity index (χ2v) is 3.36. The van der Waals surface area contributed by atoms with Gasteiger partial charge in [0, 0.05) is 5.56 Å². The Morgan fingerprint density at radius 3 is 2.64 bits per heavy atom. The fourth-order valence-corrected chi connectivity index (χ4v) is 1.61. The van der Waals surface area contributed by atoms with Crippen LogP contribution in [0.2, 0.25) is 5.02 Å². The Bertz CT molecular complexity index is 301. The summed E-state index contributed by atoms with van der Waals surface area (Å²) < 4.78 is 13.0. The first-order valence-electron chi connectivity index (χ1n) is 2.75. The van der Waals surface area contributed by atoms with E-state index in [1.54, 1.807) is 22.6 Å². The van der Waals surface area contributed by atoms with E-state index >= 15 is 0 Å². The second kappa shape index (κ2) is 3.49. The fraction of sp³-hybridized carbons (Fsp3) is 0. The van der Waals surface area contributed by atoms with Crippen LogP contribution < -0.4 is 0 Å². The minimum absolute atomic E-state index is 0.215. The molecule has 0 spiro atoms. The number of benzene rings is 1. The second-order valence-electron chi connectivity index (χ2n) is 1.87. The largest absolute Gasteiger partial charge is 0.298 e. The van der Waals surface area contributed by atoms with Crippen molar-refractivity contribution in [1.29, 1.82) is 0 Å². The molecule has 0 N–H and O–H groups in total. The number of carbonyl (C=O) groups is 1. The third kappa shape index (κ3) is 1.70. The van der Waals surface area contributed by atoms with Gasteiger partial charge in [0.05, 0.1) is 8.59 Å². The monoisotopic (exact) mass is 284 g/mol. The molecule has 1 rings (SSSR count). The zero-order chi connectivity index (χ0) is 8.43. The molecule has 0 atom stereocenters. The van der Waals surface area contributed by atoms with Crippen LogP contribution in [0.15, 0.2) is 12.1 Å². The number of hydrogen-bond acceptors (Lipinski definition) is 1. The van der Waals surface area contributed by atoms with Gasteiger partial charge >= 0.3 is 0 Å². The lowest BCUT2D eigenvalue weighted by Gasteiger charge is -1.99. The zero-order valence-corrected chi connectivity index (χ0v) is 8.19. The van der Waals surface area contributed by atoms with Gasteiger partial charge in [0.1, 0.15) is 5.82 Å². The molecule has 1 nitrogen and oxygen atoms in total. The van der Waals surface area contributed by atoms with Crippen LogP contribution in [0.4, 0.5) is 4.39 Å². The lowest BCUT2D eigenvalue weighted by Crippen LogP contribution is -1.91. The molecule has 0 aliphatic heterocycles. The molecular formula is C7H3ClFIO. The number of hydrogen-bond donors (Lipinski definition) is 0. The van der Waals surface area contributed by atoms with Crippen molar-refractivity contribution in [1.82, 2.24) is 0 Å². The van der Waals surface area contributed by atoms with E-state index in [1.165, 1.54) is 12.1 Å². The first-order valence-corrected chi connectivity index (χ1v) is 4.21. The van der Waals surface area contributed by atoms with Gasteiger partial charge in [-0.2, -0.15) is 0 Å². The van der Waals surface area contributed by atoms with Gasteiger partial charge in [-0.3, -0.25) is 4.79 Å². The van der Waals surface area contributed by atoms with Crippen LogP contribution >= 0.6 is 34.2 Å². The lowest BCUT2D eigenvalue weighted by molar-refractivity contribution is 0.112. The van der Waals surface area contributed by atoms with Gasteiger partial charge in [0.2, 0.25) is 0 Å². The number of halogens is 3. The van der Waals surface area contributed by atoms with Crippen molar-refractivity contribution in [2.45, 2.75) is 0 Å². The maximum Gasteiger partial charge on any atom is 0.152 e. The molecule has 0 fully saturated rings. The van der Waals surface area contributed by atoms with E-state index in [4.69, 9.17) is 11.6 Å². The topological polar surface area (TPSA) is 17.1 Å². The average molecular weight is 284 g/mol. The number of carbonyl (C=O) groups excluding carboxylic acids is 1. The normalized spacial score (nSPS) is 9.73. The van der Waals surface area contributed by atoms with E-state index in [0.29, 0.717) is 6.29 Å². The minimum atomic E-state index is -0.419. The molecule has 0 saturated carbocycles. The molecule has 1 aromatic carbocycles. The van der Waals surface area contributed by atoms with Crippen LogP contribution in [-0.4, -0.2) is 6.29 Å². The summed E-state index contributed by atoms with van der Waals surface area (Å²) in [5.41, 5.74) is 0.215. The summed E-state index contributed by atoms with van der Waals surface area (Å²) in [6, 6.07) is 2.60. The highest BCUT2D eigenvalue weighted by atomic mass is 127. The molecule has 0 aliphatic rings. The summed E-state index contributed by atoms with van der Waals surface area (Å²) in [6.45, 7) is 0. The molecule has 0 unspecified atom stereocenters. The summed E-state index contributed by atoms with van der Waals surface area (Å²) in [4.78, 5) is 10.3. The quantitative estimate of drug-likeness (QED) is 0.440. The zero-order valence-electron chi connectivity index (χ0n) is 5.27. The van der Waals surface area contributed by atoms with Gasteiger partial charge < -0.3 is 0 Å². The average Bonchev–Trinajstić information content (AvgIpc) is 1.99.